The molecule has 2 aliphatic carbocycles. The normalized spacial score (nSPS) is 24.4. The van der Waals surface area contributed by atoms with Crippen molar-refractivity contribution < 1.29 is 0 Å². The molecule has 21 heavy (non-hydrogen) atoms. The van der Waals surface area contributed by atoms with Crippen LogP contribution in [-0.4, -0.2) is 36.6 Å². The van der Waals surface area contributed by atoms with E-state index in [9.17, 15) is 0 Å². The van der Waals surface area contributed by atoms with Gasteiger partial charge in [0.25, 0.3) is 0 Å². The molecule has 0 spiro atoms. The van der Waals surface area contributed by atoms with Gasteiger partial charge in [-0.05, 0) is 58.9 Å². The molecule has 124 valence electrons. The Kier molecular flexibility index (Phi) is 6.14. The second-order valence-corrected chi connectivity index (χ2v) is 8.87. The average molecular weight is 295 g/mol. The number of rotatable bonds is 5. The molecule has 2 rings (SSSR count). The number of hydrogen-bond donors (Lipinski definition) is 1. The number of nitrogens with one attached hydrogen (secondary N) is 1. The summed E-state index contributed by atoms with van der Waals surface area (Å²) in [5, 5.41) is 3.83. The van der Waals surface area contributed by atoms with Gasteiger partial charge >= 0.3 is 0 Å². The van der Waals surface area contributed by atoms with Gasteiger partial charge in [-0.3, -0.25) is 0 Å². The van der Waals surface area contributed by atoms with Crippen molar-refractivity contribution in [1.29, 1.82) is 0 Å². The molecule has 0 aliphatic heterocycles. The van der Waals surface area contributed by atoms with Crippen molar-refractivity contribution in [1.82, 2.24) is 10.2 Å². The van der Waals surface area contributed by atoms with Crippen LogP contribution in [0.4, 0.5) is 0 Å². The van der Waals surface area contributed by atoms with Crippen LogP contribution in [0.25, 0.3) is 0 Å². The first-order chi connectivity index (χ1) is 9.90. The maximum Gasteiger partial charge on any atom is 0.00967 e. The first-order valence-corrected chi connectivity index (χ1v) is 9.36. The fourth-order valence-electron chi connectivity index (χ4n) is 4.33. The Morgan fingerprint density at radius 3 is 2.05 bits per heavy atom. The van der Waals surface area contributed by atoms with Gasteiger partial charge in [-0.2, -0.15) is 0 Å². The fourth-order valence-corrected chi connectivity index (χ4v) is 4.33. The zero-order chi connectivity index (χ0) is 15.3. The van der Waals surface area contributed by atoms with Crippen molar-refractivity contribution in [2.45, 2.75) is 96.6 Å². The van der Waals surface area contributed by atoms with E-state index in [2.05, 4.69) is 38.0 Å². The molecule has 2 saturated carbocycles. The maximum absolute atomic E-state index is 3.83. The van der Waals surface area contributed by atoms with E-state index >= 15 is 0 Å². The highest BCUT2D eigenvalue weighted by Gasteiger charge is 2.35. The smallest absolute Gasteiger partial charge is 0.00967 e. The van der Waals surface area contributed by atoms with Gasteiger partial charge in [-0.1, -0.05) is 38.5 Å². The molecule has 0 aromatic carbocycles. The molecule has 0 heterocycles. The molecule has 2 nitrogen and oxygen atoms in total. The van der Waals surface area contributed by atoms with Crippen LogP contribution in [0, 0.1) is 5.41 Å². The third-order valence-electron chi connectivity index (χ3n) is 5.69. The minimum Gasteiger partial charge on any atom is -0.311 e. The molecule has 0 saturated heterocycles. The van der Waals surface area contributed by atoms with Gasteiger partial charge in [0.1, 0.15) is 0 Å². The van der Waals surface area contributed by atoms with Gasteiger partial charge in [-0.25, -0.2) is 0 Å². The first kappa shape index (κ1) is 17.3. The summed E-state index contributed by atoms with van der Waals surface area (Å²) in [6.45, 7) is 9.42. The van der Waals surface area contributed by atoms with Crippen LogP contribution in [0.5, 0.6) is 0 Å². The molecule has 0 aromatic rings. The van der Waals surface area contributed by atoms with E-state index in [1.807, 2.05) is 0 Å². The molecule has 0 bridgehead atoms. The summed E-state index contributed by atoms with van der Waals surface area (Å²) >= 11 is 0. The van der Waals surface area contributed by atoms with Crippen LogP contribution in [-0.2, 0) is 0 Å². The number of hydrogen-bond acceptors (Lipinski definition) is 2. The van der Waals surface area contributed by atoms with E-state index in [0.29, 0.717) is 5.41 Å². The molecule has 0 unspecified atom stereocenters. The second-order valence-electron chi connectivity index (χ2n) is 8.87. The highest BCUT2D eigenvalue weighted by Crippen LogP contribution is 2.37. The lowest BCUT2D eigenvalue weighted by Crippen LogP contribution is -2.49. The largest absolute Gasteiger partial charge is 0.311 e. The zero-order valence-electron chi connectivity index (χ0n) is 15.0. The Balaban J connectivity index is 1.99. The van der Waals surface area contributed by atoms with Crippen molar-refractivity contribution in [3.05, 3.63) is 0 Å². The van der Waals surface area contributed by atoms with Crippen LogP contribution in [0.1, 0.15) is 85.0 Å². The van der Waals surface area contributed by atoms with Crippen LogP contribution in [0.15, 0.2) is 0 Å². The molecule has 0 amide bonds. The molecule has 0 aromatic heterocycles. The van der Waals surface area contributed by atoms with Crippen molar-refractivity contribution in [2.75, 3.05) is 20.1 Å². The van der Waals surface area contributed by atoms with Crippen molar-refractivity contribution in [3.8, 4) is 0 Å². The lowest BCUT2D eigenvalue weighted by Gasteiger charge is -2.41. The van der Waals surface area contributed by atoms with E-state index in [1.54, 1.807) is 0 Å². The van der Waals surface area contributed by atoms with Gasteiger partial charge in [0.15, 0.2) is 0 Å². The Morgan fingerprint density at radius 1 is 0.952 bits per heavy atom. The minimum absolute atomic E-state index is 0.241. The van der Waals surface area contributed by atoms with Crippen LogP contribution in [0.2, 0.25) is 0 Å². The van der Waals surface area contributed by atoms with E-state index in [4.69, 9.17) is 0 Å². The summed E-state index contributed by atoms with van der Waals surface area (Å²) in [4.78, 5) is 2.71. The molecule has 0 radical (unpaired) electrons. The van der Waals surface area contributed by atoms with Crippen molar-refractivity contribution in [3.63, 3.8) is 0 Å². The molecule has 2 heteroatoms. The summed E-state index contributed by atoms with van der Waals surface area (Å²) in [5.41, 5.74) is 0.756. The third-order valence-corrected chi connectivity index (χ3v) is 5.69. The molecular weight excluding hydrogens is 256 g/mol. The Bertz CT molecular complexity index is 291. The Morgan fingerprint density at radius 2 is 1.52 bits per heavy atom. The van der Waals surface area contributed by atoms with E-state index in [1.165, 1.54) is 77.3 Å². The van der Waals surface area contributed by atoms with Gasteiger partial charge in [0.05, 0.1) is 0 Å². The quantitative estimate of drug-likeness (QED) is 0.746. The first-order valence-electron chi connectivity index (χ1n) is 9.36. The van der Waals surface area contributed by atoms with E-state index in [0.717, 1.165) is 6.04 Å². The second kappa shape index (κ2) is 7.46. The molecular formula is C19H38N2. The van der Waals surface area contributed by atoms with Crippen molar-refractivity contribution in [2.24, 2.45) is 5.41 Å². The van der Waals surface area contributed by atoms with E-state index in [-0.39, 0.29) is 5.54 Å². The minimum atomic E-state index is 0.241. The lowest BCUT2D eigenvalue weighted by molar-refractivity contribution is 0.109. The standard InChI is InChI=1S/C19H38N2/c1-18(2,3)20-15-19(13-9-5-6-10-14-19)16-21(4)17-11-7-8-12-17/h17,20H,5-16H2,1-4H3. The zero-order valence-corrected chi connectivity index (χ0v) is 15.0. The molecule has 1 N–H and O–H groups in total. The fraction of sp³-hybridized carbons (Fsp3) is 1.00. The van der Waals surface area contributed by atoms with Crippen LogP contribution in [0.3, 0.4) is 0 Å². The van der Waals surface area contributed by atoms with Crippen LogP contribution >= 0.6 is 0 Å². The molecule has 0 atom stereocenters. The summed E-state index contributed by atoms with van der Waals surface area (Å²) in [5.74, 6) is 0. The maximum atomic E-state index is 3.83. The van der Waals surface area contributed by atoms with Gasteiger partial charge < -0.3 is 10.2 Å². The van der Waals surface area contributed by atoms with Crippen LogP contribution < -0.4 is 5.32 Å². The predicted molar refractivity (Wildman–Crippen MR) is 92.8 cm³/mol. The Labute approximate surface area is 133 Å². The topological polar surface area (TPSA) is 15.3 Å². The van der Waals surface area contributed by atoms with E-state index < -0.39 is 0 Å². The SMILES string of the molecule is CN(CC1(CNC(C)(C)C)CCCCCC1)C1CCCC1. The monoisotopic (exact) mass is 294 g/mol. The molecule has 2 aliphatic rings. The highest BCUT2D eigenvalue weighted by atomic mass is 15.1. The number of nitrogens with zero attached hydrogens (tertiary/aromatic N) is 1. The van der Waals surface area contributed by atoms with Gasteiger partial charge in [-0.15, -0.1) is 0 Å². The lowest BCUT2D eigenvalue weighted by atomic mass is 9.78. The molecule has 2 fully saturated rings. The summed E-state index contributed by atoms with van der Waals surface area (Å²) in [6, 6.07) is 0.861. The summed E-state index contributed by atoms with van der Waals surface area (Å²) in [6.07, 6.45) is 14.4. The summed E-state index contributed by atoms with van der Waals surface area (Å²) < 4.78 is 0. The van der Waals surface area contributed by atoms with Crippen molar-refractivity contribution >= 4 is 0 Å². The highest BCUT2D eigenvalue weighted by molar-refractivity contribution is 4.90. The Hall–Kier alpha value is -0.0800. The van der Waals surface area contributed by atoms with Gasteiger partial charge in [0.2, 0.25) is 0 Å². The summed E-state index contributed by atoms with van der Waals surface area (Å²) in [7, 11) is 2.39. The predicted octanol–water partition coefficient (Wildman–Crippen LogP) is 4.59. The van der Waals surface area contributed by atoms with Gasteiger partial charge in [0, 0.05) is 24.7 Å². The average Bonchev–Trinajstić information content (AvgIpc) is 2.85. The third kappa shape index (κ3) is 5.56.